The van der Waals surface area contributed by atoms with Gasteiger partial charge in [0.15, 0.2) is 0 Å². The van der Waals surface area contributed by atoms with E-state index in [0.717, 1.165) is 10.0 Å². The molecule has 0 radical (unpaired) electrons. The Kier molecular flexibility index (Phi) is 5.46. The number of aromatic nitrogens is 2. The number of aliphatic carboxylic acids is 1. The fourth-order valence-corrected chi connectivity index (χ4v) is 2.33. The van der Waals surface area contributed by atoms with E-state index in [-0.39, 0.29) is 6.42 Å². The Morgan fingerprint density at radius 3 is 2.86 bits per heavy atom. The predicted octanol–water partition coefficient (Wildman–Crippen LogP) is 2.80. The second kappa shape index (κ2) is 7.33. The maximum absolute atomic E-state index is 10.5. The number of rotatable bonds is 7. The highest BCUT2D eigenvalue weighted by atomic mass is 79.9. The van der Waals surface area contributed by atoms with Crippen molar-refractivity contribution < 1.29 is 14.3 Å². The lowest BCUT2D eigenvalue weighted by Gasteiger charge is -2.12. The molecule has 0 amide bonds. The summed E-state index contributed by atoms with van der Waals surface area (Å²) in [5.41, 5.74) is 0.852. The Bertz CT molecular complexity index is 615. The molecule has 0 saturated heterocycles. The highest BCUT2D eigenvalue weighted by Crippen LogP contribution is 2.26. The topological polar surface area (TPSA) is 79.5 Å². The molecule has 0 spiro atoms. The number of benzene rings is 1. The Labute approximate surface area is 130 Å². The zero-order valence-electron chi connectivity index (χ0n) is 11.6. The highest BCUT2D eigenvalue weighted by molar-refractivity contribution is 9.10. The first-order valence-electron chi connectivity index (χ1n) is 6.54. The minimum Gasteiger partial charge on any atom is -0.481 e. The van der Waals surface area contributed by atoms with E-state index < -0.39 is 5.97 Å². The molecule has 1 N–H and O–H groups in total. The third kappa shape index (κ3) is 4.64. The number of carbonyl (C=O) groups is 1. The third-order valence-corrected chi connectivity index (χ3v) is 3.60. The molecule has 7 heteroatoms. The van der Waals surface area contributed by atoms with Crippen molar-refractivity contribution in [2.45, 2.75) is 19.4 Å². The Morgan fingerprint density at radius 1 is 1.38 bits per heavy atom. The summed E-state index contributed by atoms with van der Waals surface area (Å²) in [6, 6.07) is 7.64. The van der Waals surface area contributed by atoms with E-state index in [0.29, 0.717) is 31.3 Å². The summed E-state index contributed by atoms with van der Waals surface area (Å²) in [5, 5.41) is 16.7. The van der Waals surface area contributed by atoms with Crippen LogP contribution in [0.5, 0.6) is 0 Å². The fraction of sp³-hybridized carbons (Fsp3) is 0.357. The summed E-state index contributed by atoms with van der Waals surface area (Å²) in [7, 11) is 1.89. The monoisotopic (exact) mass is 353 g/mol. The van der Waals surface area contributed by atoms with Crippen LogP contribution in [0.3, 0.4) is 0 Å². The van der Waals surface area contributed by atoms with Gasteiger partial charge in [0.05, 0.1) is 12.1 Å². The van der Waals surface area contributed by atoms with Gasteiger partial charge < -0.3 is 9.52 Å². The number of carboxylic acids is 1. The molecule has 2 rings (SSSR count). The molecule has 0 unspecified atom stereocenters. The molecule has 0 aliphatic rings. The van der Waals surface area contributed by atoms with Crippen molar-refractivity contribution in [2.24, 2.45) is 0 Å². The van der Waals surface area contributed by atoms with Crippen LogP contribution in [0, 0.1) is 0 Å². The minimum atomic E-state index is -0.780. The van der Waals surface area contributed by atoms with E-state index in [4.69, 9.17) is 9.52 Å². The molecule has 0 bridgehead atoms. The number of halogens is 1. The second-order valence-corrected chi connectivity index (χ2v) is 5.57. The van der Waals surface area contributed by atoms with Crippen LogP contribution in [0.1, 0.15) is 18.7 Å². The quantitative estimate of drug-likeness (QED) is 0.824. The number of carboxylic acid groups (broad SMARTS) is 1. The maximum atomic E-state index is 10.5. The summed E-state index contributed by atoms with van der Waals surface area (Å²) in [5.74, 6) is 0.201. The van der Waals surface area contributed by atoms with Gasteiger partial charge in [0, 0.05) is 10.9 Å². The van der Waals surface area contributed by atoms with Crippen molar-refractivity contribution in [3.05, 3.63) is 34.6 Å². The average molecular weight is 354 g/mol. The lowest BCUT2D eigenvalue weighted by Crippen LogP contribution is -2.20. The minimum absolute atomic E-state index is 0.163. The molecule has 21 heavy (non-hydrogen) atoms. The highest BCUT2D eigenvalue weighted by Gasteiger charge is 2.12. The Hall–Kier alpha value is -1.73. The van der Waals surface area contributed by atoms with E-state index in [2.05, 4.69) is 26.1 Å². The van der Waals surface area contributed by atoms with Crippen LogP contribution in [0.25, 0.3) is 11.5 Å². The van der Waals surface area contributed by atoms with Crippen molar-refractivity contribution in [1.29, 1.82) is 0 Å². The van der Waals surface area contributed by atoms with Crippen LogP contribution >= 0.6 is 15.9 Å². The Morgan fingerprint density at radius 2 is 2.14 bits per heavy atom. The summed E-state index contributed by atoms with van der Waals surface area (Å²) >= 11 is 3.45. The van der Waals surface area contributed by atoms with Crippen molar-refractivity contribution >= 4 is 21.9 Å². The van der Waals surface area contributed by atoms with Gasteiger partial charge in [-0.15, -0.1) is 10.2 Å². The molecule has 0 aliphatic heterocycles. The van der Waals surface area contributed by atoms with Crippen LogP contribution < -0.4 is 0 Å². The Balaban J connectivity index is 1.94. The molecule has 2 aromatic rings. The maximum Gasteiger partial charge on any atom is 0.303 e. The molecule has 0 saturated carbocycles. The molecule has 0 atom stereocenters. The average Bonchev–Trinajstić information content (AvgIpc) is 2.87. The molecular formula is C14H16BrN3O3. The molecule has 112 valence electrons. The van der Waals surface area contributed by atoms with Gasteiger partial charge in [-0.1, -0.05) is 12.1 Å². The number of nitrogens with zero attached hydrogens (tertiary/aromatic N) is 3. The smallest absolute Gasteiger partial charge is 0.303 e. The first kappa shape index (κ1) is 15.7. The van der Waals surface area contributed by atoms with Crippen molar-refractivity contribution in [3.8, 4) is 11.5 Å². The van der Waals surface area contributed by atoms with Crippen LogP contribution in [0.15, 0.2) is 33.2 Å². The third-order valence-electron chi connectivity index (χ3n) is 2.91. The van der Waals surface area contributed by atoms with Crippen LogP contribution in [0.2, 0.25) is 0 Å². The number of hydrogen-bond acceptors (Lipinski definition) is 5. The molecule has 0 fully saturated rings. The SMILES string of the molecule is CN(CCCC(=O)O)Cc1nnc(-c2ccccc2Br)o1. The van der Waals surface area contributed by atoms with Crippen LogP contribution in [-0.4, -0.2) is 39.8 Å². The van der Waals surface area contributed by atoms with Crippen LogP contribution in [-0.2, 0) is 11.3 Å². The zero-order valence-corrected chi connectivity index (χ0v) is 13.2. The molecule has 1 heterocycles. The van der Waals surface area contributed by atoms with Crippen LogP contribution in [0.4, 0.5) is 0 Å². The van der Waals surface area contributed by atoms with Crippen molar-refractivity contribution in [1.82, 2.24) is 15.1 Å². The van der Waals surface area contributed by atoms with E-state index in [1.165, 1.54) is 0 Å². The molecule has 1 aromatic carbocycles. The molecule has 6 nitrogen and oxygen atoms in total. The van der Waals surface area contributed by atoms with Gasteiger partial charge in [0.25, 0.3) is 0 Å². The fourth-order valence-electron chi connectivity index (χ4n) is 1.87. The van der Waals surface area contributed by atoms with E-state index in [1.807, 2.05) is 36.2 Å². The van der Waals surface area contributed by atoms with Crippen molar-refractivity contribution in [3.63, 3.8) is 0 Å². The summed E-state index contributed by atoms with van der Waals surface area (Å²) < 4.78 is 6.54. The lowest BCUT2D eigenvalue weighted by atomic mass is 10.2. The summed E-state index contributed by atoms with van der Waals surface area (Å²) in [6.07, 6.45) is 0.757. The molecule has 0 aliphatic carbocycles. The first-order chi connectivity index (χ1) is 10.1. The van der Waals surface area contributed by atoms with Gasteiger partial charge in [-0.2, -0.15) is 0 Å². The van der Waals surface area contributed by atoms with E-state index in [9.17, 15) is 4.79 Å². The number of hydrogen-bond donors (Lipinski definition) is 1. The van der Waals surface area contributed by atoms with Gasteiger partial charge in [-0.25, -0.2) is 0 Å². The van der Waals surface area contributed by atoms with Crippen molar-refractivity contribution in [2.75, 3.05) is 13.6 Å². The summed E-state index contributed by atoms with van der Waals surface area (Å²) in [4.78, 5) is 12.4. The van der Waals surface area contributed by atoms with E-state index >= 15 is 0 Å². The van der Waals surface area contributed by atoms with E-state index in [1.54, 1.807) is 0 Å². The first-order valence-corrected chi connectivity index (χ1v) is 7.33. The predicted molar refractivity (Wildman–Crippen MR) is 80.6 cm³/mol. The molecular weight excluding hydrogens is 338 g/mol. The van der Waals surface area contributed by atoms with Gasteiger partial charge >= 0.3 is 5.97 Å². The summed E-state index contributed by atoms with van der Waals surface area (Å²) in [6.45, 7) is 1.16. The second-order valence-electron chi connectivity index (χ2n) is 4.72. The van der Waals surface area contributed by atoms with Gasteiger partial charge in [-0.3, -0.25) is 9.69 Å². The van der Waals surface area contributed by atoms with Gasteiger partial charge in [-0.05, 0) is 48.1 Å². The van der Waals surface area contributed by atoms with Gasteiger partial charge in [0.1, 0.15) is 0 Å². The zero-order chi connectivity index (χ0) is 15.2. The largest absolute Gasteiger partial charge is 0.481 e. The van der Waals surface area contributed by atoms with Gasteiger partial charge in [0.2, 0.25) is 11.8 Å². The normalized spacial score (nSPS) is 11.0. The molecule has 1 aromatic heterocycles. The lowest BCUT2D eigenvalue weighted by molar-refractivity contribution is -0.137. The standard InChI is InChI=1S/C14H16BrN3O3/c1-18(8-4-7-13(19)20)9-12-16-17-14(21-12)10-5-2-3-6-11(10)15/h2-3,5-6H,4,7-9H2,1H3,(H,19,20).